The van der Waals surface area contributed by atoms with Crippen molar-refractivity contribution in [3.05, 3.63) is 34.9 Å². The number of unbranched alkanes of at least 4 members (excludes halogenated alkanes) is 6. The molecule has 4 nitrogen and oxygen atoms in total. The molecule has 0 heterocycles. The molecule has 0 bridgehead atoms. The fourth-order valence-electron chi connectivity index (χ4n) is 3.96. The van der Waals surface area contributed by atoms with E-state index in [2.05, 4.69) is 25.1 Å². The quantitative estimate of drug-likeness (QED) is 0.271. The monoisotopic (exact) mass is 432 g/mol. The lowest BCUT2D eigenvalue weighted by Gasteiger charge is -2.18. The fourth-order valence-corrected chi connectivity index (χ4v) is 3.96. The van der Waals surface area contributed by atoms with E-state index in [9.17, 15) is 19.8 Å². The standard InChI is InChI=1S/C27H44O4/c1-21-22(15-10-6-8-12-19-26(2,3)24(28)29)17-14-18-23(21)16-11-7-9-13-20-27(4,5)25(30)31/h14,17-18H,6-13,15-16,19-20H2,1-5H3,(H,28,29)(H,30,31). The second-order valence-electron chi connectivity index (χ2n) is 10.4. The third-order valence-electron chi connectivity index (χ3n) is 6.71. The summed E-state index contributed by atoms with van der Waals surface area (Å²) in [5.74, 6) is -1.41. The number of rotatable bonds is 16. The molecule has 0 saturated heterocycles. The van der Waals surface area contributed by atoms with Gasteiger partial charge >= 0.3 is 11.9 Å². The molecule has 0 fully saturated rings. The van der Waals surface area contributed by atoms with Crippen LogP contribution in [0.3, 0.4) is 0 Å². The van der Waals surface area contributed by atoms with Gasteiger partial charge in [0.05, 0.1) is 10.8 Å². The Balaban J connectivity index is 2.30. The van der Waals surface area contributed by atoms with E-state index >= 15 is 0 Å². The highest BCUT2D eigenvalue weighted by Gasteiger charge is 2.26. The van der Waals surface area contributed by atoms with Gasteiger partial charge in [0, 0.05) is 0 Å². The van der Waals surface area contributed by atoms with E-state index in [1.807, 2.05) is 0 Å². The Morgan fingerprint density at radius 1 is 0.677 bits per heavy atom. The molecule has 1 rings (SSSR count). The number of hydrogen-bond donors (Lipinski definition) is 2. The van der Waals surface area contributed by atoms with E-state index in [0.29, 0.717) is 0 Å². The Morgan fingerprint density at radius 3 is 1.39 bits per heavy atom. The summed E-state index contributed by atoms with van der Waals surface area (Å²) in [6, 6.07) is 6.64. The van der Waals surface area contributed by atoms with Gasteiger partial charge in [-0.05, 0) is 89.8 Å². The van der Waals surface area contributed by atoms with Gasteiger partial charge in [0.25, 0.3) is 0 Å². The molecule has 0 amide bonds. The molecule has 0 saturated carbocycles. The summed E-state index contributed by atoms with van der Waals surface area (Å²) in [6.07, 6.45) is 12.4. The second kappa shape index (κ2) is 12.9. The van der Waals surface area contributed by atoms with Crippen molar-refractivity contribution < 1.29 is 19.8 Å². The normalized spacial score (nSPS) is 12.2. The van der Waals surface area contributed by atoms with Crippen LogP contribution in [-0.2, 0) is 22.4 Å². The summed E-state index contributed by atoms with van der Waals surface area (Å²) in [4.78, 5) is 22.3. The van der Waals surface area contributed by atoms with Crippen molar-refractivity contribution in [3.8, 4) is 0 Å². The lowest BCUT2D eigenvalue weighted by atomic mass is 9.86. The summed E-state index contributed by atoms with van der Waals surface area (Å²) >= 11 is 0. The Morgan fingerprint density at radius 2 is 1.03 bits per heavy atom. The zero-order chi connectivity index (χ0) is 23.5. The number of carbonyl (C=O) groups is 2. The van der Waals surface area contributed by atoms with Crippen molar-refractivity contribution >= 4 is 11.9 Å². The lowest BCUT2D eigenvalue weighted by molar-refractivity contribution is -0.148. The van der Waals surface area contributed by atoms with Crippen LogP contribution >= 0.6 is 0 Å². The first kappa shape index (κ1) is 27.2. The molecule has 0 radical (unpaired) electrons. The van der Waals surface area contributed by atoms with Crippen molar-refractivity contribution in [2.75, 3.05) is 0 Å². The number of carboxylic acids is 2. The Labute approximate surface area is 189 Å². The Kier molecular flexibility index (Phi) is 11.3. The molecule has 0 aliphatic rings. The lowest BCUT2D eigenvalue weighted by Crippen LogP contribution is -2.23. The van der Waals surface area contributed by atoms with E-state index in [4.69, 9.17) is 0 Å². The van der Waals surface area contributed by atoms with Gasteiger partial charge in [-0.1, -0.05) is 56.7 Å². The largest absolute Gasteiger partial charge is 0.481 e. The van der Waals surface area contributed by atoms with Gasteiger partial charge in [0.2, 0.25) is 0 Å². The number of aliphatic carboxylic acids is 2. The first-order valence-electron chi connectivity index (χ1n) is 12.0. The average Bonchev–Trinajstić information content (AvgIpc) is 2.69. The molecule has 0 spiro atoms. The fraction of sp³-hybridized carbons (Fsp3) is 0.704. The second-order valence-corrected chi connectivity index (χ2v) is 10.4. The summed E-state index contributed by atoms with van der Waals surface area (Å²) in [5.41, 5.74) is 3.06. The smallest absolute Gasteiger partial charge is 0.309 e. The molecule has 31 heavy (non-hydrogen) atoms. The van der Waals surface area contributed by atoms with Crippen LogP contribution in [0.1, 0.15) is 109 Å². The maximum absolute atomic E-state index is 11.2. The summed E-state index contributed by atoms with van der Waals surface area (Å²) in [7, 11) is 0. The van der Waals surface area contributed by atoms with E-state index in [1.54, 1.807) is 27.7 Å². The number of aryl methyl sites for hydroxylation is 2. The third kappa shape index (κ3) is 9.88. The van der Waals surface area contributed by atoms with Crippen molar-refractivity contribution in [1.29, 1.82) is 0 Å². The van der Waals surface area contributed by atoms with E-state index in [0.717, 1.165) is 77.0 Å². The van der Waals surface area contributed by atoms with Crippen molar-refractivity contribution in [2.24, 2.45) is 10.8 Å². The van der Waals surface area contributed by atoms with Crippen LogP contribution in [0.15, 0.2) is 18.2 Å². The average molecular weight is 433 g/mol. The number of hydrogen-bond acceptors (Lipinski definition) is 2. The van der Waals surface area contributed by atoms with Crippen molar-refractivity contribution in [3.63, 3.8) is 0 Å². The van der Waals surface area contributed by atoms with Gasteiger partial charge < -0.3 is 10.2 Å². The molecule has 176 valence electrons. The molecule has 0 atom stereocenters. The molecule has 1 aromatic rings. The molecular formula is C27H44O4. The maximum atomic E-state index is 11.2. The highest BCUT2D eigenvalue weighted by Crippen LogP contribution is 2.26. The van der Waals surface area contributed by atoms with Crippen LogP contribution in [0, 0.1) is 17.8 Å². The maximum Gasteiger partial charge on any atom is 0.309 e. The zero-order valence-electron chi connectivity index (χ0n) is 20.4. The SMILES string of the molecule is Cc1c(CCCCCCC(C)(C)C(=O)O)cccc1CCCCCCC(C)(C)C(=O)O. The molecule has 0 aliphatic heterocycles. The topological polar surface area (TPSA) is 74.6 Å². The Bertz CT molecular complexity index is 647. The van der Waals surface area contributed by atoms with Gasteiger partial charge in [-0.2, -0.15) is 0 Å². The Hall–Kier alpha value is -1.84. The minimum absolute atomic E-state index is 0.614. The molecule has 4 heteroatoms. The molecule has 1 aromatic carbocycles. The molecule has 0 aromatic heterocycles. The zero-order valence-corrected chi connectivity index (χ0v) is 20.4. The first-order chi connectivity index (χ1) is 14.5. The number of carboxylic acid groups (broad SMARTS) is 2. The highest BCUT2D eigenvalue weighted by atomic mass is 16.4. The van der Waals surface area contributed by atoms with E-state index < -0.39 is 22.8 Å². The highest BCUT2D eigenvalue weighted by molar-refractivity contribution is 5.73. The van der Waals surface area contributed by atoms with Gasteiger partial charge in [-0.25, -0.2) is 0 Å². The molecule has 2 N–H and O–H groups in total. The van der Waals surface area contributed by atoms with Gasteiger partial charge in [-0.3, -0.25) is 9.59 Å². The van der Waals surface area contributed by atoms with Crippen LogP contribution in [0.2, 0.25) is 0 Å². The van der Waals surface area contributed by atoms with Crippen LogP contribution in [0.5, 0.6) is 0 Å². The summed E-state index contributed by atoms with van der Waals surface area (Å²) in [5, 5.41) is 18.4. The van der Waals surface area contributed by atoms with Crippen molar-refractivity contribution in [1.82, 2.24) is 0 Å². The van der Waals surface area contributed by atoms with Crippen molar-refractivity contribution in [2.45, 2.75) is 112 Å². The summed E-state index contributed by atoms with van der Waals surface area (Å²) < 4.78 is 0. The van der Waals surface area contributed by atoms with Gasteiger partial charge in [-0.15, -0.1) is 0 Å². The molecule has 0 aliphatic carbocycles. The summed E-state index contributed by atoms with van der Waals surface area (Å²) in [6.45, 7) is 9.46. The van der Waals surface area contributed by atoms with E-state index in [-0.39, 0.29) is 0 Å². The predicted molar refractivity (Wildman–Crippen MR) is 128 cm³/mol. The minimum atomic E-state index is -0.705. The first-order valence-corrected chi connectivity index (χ1v) is 12.0. The van der Waals surface area contributed by atoms with Crippen LogP contribution in [-0.4, -0.2) is 22.2 Å². The predicted octanol–water partition coefficient (Wildman–Crippen LogP) is 7.20. The van der Waals surface area contributed by atoms with E-state index in [1.165, 1.54) is 16.7 Å². The van der Waals surface area contributed by atoms with Gasteiger partial charge in [0.1, 0.15) is 0 Å². The van der Waals surface area contributed by atoms with Crippen LogP contribution in [0.4, 0.5) is 0 Å². The minimum Gasteiger partial charge on any atom is -0.481 e. The van der Waals surface area contributed by atoms with Gasteiger partial charge in [0.15, 0.2) is 0 Å². The van der Waals surface area contributed by atoms with Crippen LogP contribution in [0.25, 0.3) is 0 Å². The molecular weight excluding hydrogens is 388 g/mol. The van der Waals surface area contributed by atoms with Crippen LogP contribution < -0.4 is 0 Å². The number of benzene rings is 1. The molecule has 0 unspecified atom stereocenters. The third-order valence-corrected chi connectivity index (χ3v) is 6.71.